The minimum absolute atomic E-state index is 0.125. The van der Waals surface area contributed by atoms with Crippen LogP contribution in [0, 0.1) is 0 Å². The van der Waals surface area contributed by atoms with Gasteiger partial charge in [-0.05, 0) is 37.5 Å². The van der Waals surface area contributed by atoms with E-state index in [4.69, 9.17) is 4.74 Å². The van der Waals surface area contributed by atoms with Crippen molar-refractivity contribution >= 4 is 34.1 Å². The van der Waals surface area contributed by atoms with Gasteiger partial charge in [0, 0.05) is 19.6 Å². The Morgan fingerprint density at radius 1 is 1.32 bits per heavy atom. The highest BCUT2D eigenvalue weighted by molar-refractivity contribution is 8.02. The van der Waals surface area contributed by atoms with E-state index >= 15 is 0 Å². The fraction of sp³-hybridized carbons (Fsp3) is 0.471. The minimum Gasteiger partial charge on any atom is -0.497 e. The van der Waals surface area contributed by atoms with E-state index in [0.717, 1.165) is 46.7 Å². The fourth-order valence-corrected chi connectivity index (χ4v) is 4.62. The molecule has 1 unspecified atom stereocenters. The van der Waals surface area contributed by atoms with Gasteiger partial charge >= 0.3 is 0 Å². The lowest BCUT2D eigenvalue weighted by atomic mass is 10.2. The lowest BCUT2D eigenvalue weighted by Crippen LogP contribution is -2.33. The predicted octanol–water partition coefficient (Wildman–Crippen LogP) is 3.26. The van der Waals surface area contributed by atoms with Crippen LogP contribution in [0.4, 0.5) is 5.13 Å². The maximum atomic E-state index is 12.4. The Balaban J connectivity index is 1.50. The molecule has 0 bridgehead atoms. The summed E-state index contributed by atoms with van der Waals surface area (Å²) in [5.74, 6) is 1.04. The molecule has 1 N–H and O–H groups in total. The number of nitrogens with zero attached hydrogens (tertiary/aromatic N) is 3. The van der Waals surface area contributed by atoms with Crippen LogP contribution in [0.1, 0.15) is 25.3 Å². The summed E-state index contributed by atoms with van der Waals surface area (Å²) < 4.78 is 5.97. The smallest absolute Gasteiger partial charge is 0.235 e. The van der Waals surface area contributed by atoms with Crippen molar-refractivity contribution in [3.63, 3.8) is 0 Å². The van der Waals surface area contributed by atoms with Crippen molar-refractivity contribution in [1.29, 1.82) is 0 Å². The van der Waals surface area contributed by atoms with E-state index in [1.165, 1.54) is 23.1 Å². The van der Waals surface area contributed by atoms with Crippen LogP contribution in [0.15, 0.2) is 28.6 Å². The number of nitrogens with one attached hydrogen (secondary N) is 1. The number of hydrogen-bond acceptors (Lipinski definition) is 7. The van der Waals surface area contributed by atoms with E-state index in [-0.39, 0.29) is 11.2 Å². The third-order valence-corrected chi connectivity index (χ3v) is 6.11. The molecule has 2 heterocycles. The Morgan fingerprint density at radius 3 is 2.72 bits per heavy atom. The van der Waals surface area contributed by atoms with Crippen LogP contribution in [0.25, 0.3) is 0 Å². The number of carbonyl (C=O) groups is 1. The Bertz CT molecular complexity index is 699. The maximum Gasteiger partial charge on any atom is 0.235 e. The molecule has 0 aliphatic carbocycles. The molecule has 25 heavy (non-hydrogen) atoms. The number of amides is 1. The largest absolute Gasteiger partial charge is 0.497 e. The van der Waals surface area contributed by atoms with Crippen molar-refractivity contribution in [3.8, 4) is 5.75 Å². The Hall–Kier alpha value is -1.80. The van der Waals surface area contributed by atoms with Crippen LogP contribution >= 0.6 is 23.1 Å². The lowest BCUT2D eigenvalue weighted by Gasteiger charge is -2.18. The molecular weight excluding hydrogens is 356 g/mol. The molecule has 1 aromatic heterocycles. The molecule has 1 fully saturated rings. The molecule has 0 spiro atoms. The van der Waals surface area contributed by atoms with E-state index in [1.807, 2.05) is 36.1 Å². The van der Waals surface area contributed by atoms with Gasteiger partial charge in [0.1, 0.15) is 5.75 Å². The minimum atomic E-state index is -0.125. The summed E-state index contributed by atoms with van der Waals surface area (Å²) in [4.78, 5) is 14.3. The quantitative estimate of drug-likeness (QED) is 0.746. The summed E-state index contributed by atoms with van der Waals surface area (Å²) in [7, 11) is 1.66. The second-order valence-corrected chi connectivity index (χ2v) is 8.43. The van der Waals surface area contributed by atoms with Crippen molar-refractivity contribution in [2.75, 3.05) is 25.5 Å². The van der Waals surface area contributed by atoms with Crippen LogP contribution in [0.3, 0.4) is 0 Å². The number of likely N-dealkylation sites (tertiary alicyclic amines) is 1. The van der Waals surface area contributed by atoms with E-state index in [2.05, 4.69) is 15.5 Å². The van der Waals surface area contributed by atoms with E-state index in [0.29, 0.717) is 6.54 Å². The van der Waals surface area contributed by atoms with Crippen molar-refractivity contribution in [1.82, 2.24) is 15.1 Å². The standard InChI is InChI=1S/C17H22N4O2S2/c1-12(15(22)21-9-3-4-10-21)24-17-20-19-16(25-17)18-11-13-5-7-14(23-2)8-6-13/h5-8,12H,3-4,9-11H2,1-2H3,(H,18,19). The summed E-state index contributed by atoms with van der Waals surface area (Å²) in [6.07, 6.45) is 2.22. The fourth-order valence-electron chi connectivity index (χ4n) is 2.65. The van der Waals surface area contributed by atoms with Gasteiger partial charge in [0.15, 0.2) is 4.34 Å². The molecule has 8 heteroatoms. The van der Waals surface area contributed by atoms with Gasteiger partial charge < -0.3 is 15.0 Å². The number of hydrogen-bond donors (Lipinski definition) is 1. The van der Waals surface area contributed by atoms with Crippen molar-refractivity contribution < 1.29 is 9.53 Å². The highest BCUT2D eigenvalue weighted by Crippen LogP contribution is 2.30. The third-order valence-electron chi connectivity index (χ3n) is 4.05. The van der Waals surface area contributed by atoms with Crippen LogP contribution in [-0.4, -0.2) is 46.5 Å². The molecule has 1 atom stereocenters. The number of rotatable bonds is 7. The first-order valence-corrected chi connectivity index (χ1v) is 10.0. The van der Waals surface area contributed by atoms with Crippen molar-refractivity contribution in [3.05, 3.63) is 29.8 Å². The van der Waals surface area contributed by atoms with Crippen LogP contribution < -0.4 is 10.1 Å². The molecule has 0 radical (unpaired) electrons. The first kappa shape index (κ1) is 18.0. The first-order valence-electron chi connectivity index (χ1n) is 8.31. The molecule has 1 aromatic carbocycles. The summed E-state index contributed by atoms with van der Waals surface area (Å²) in [6.45, 7) is 4.38. The summed E-state index contributed by atoms with van der Waals surface area (Å²) in [6, 6.07) is 7.90. The van der Waals surface area contributed by atoms with Gasteiger partial charge in [-0.2, -0.15) is 0 Å². The Morgan fingerprint density at radius 2 is 2.04 bits per heavy atom. The number of anilines is 1. The second kappa shape index (κ2) is 8.53. The molecule has 6 nitrogen and oxygen atoms in total. The molecule has 1 aliphatic rings. The summed E-state index contributed by atoms with van der Waals surface area (Å²) in [5.41, 5.74) is 1.14. The number of thioether (sulfide) groups is 1. The van der Waals surface area contributed by atoms with E-state index < -0.39 is 0 Å². The number of aromatic nitrogens is 2. The number of carbonyl (C=O) groups excluding carboxylic acids is 1. The SMILES string of the molecule is COc1ccc(CNc2nnc(SC(C)C(=O)N3CCCC3)s2)cc1. The van der Waals surface area contributed by atoms with E-state index in [1.54, 1.807) is 7.11 Å². The zero-order chi connectivity index (χ0) is 17.6. The average molecular weight is 379 g/mol. The molecule has 0 saturated carbocycles. The molecule has 2 aromatic rings. The maximum absolute atomic E-state index is 12.4. The number of methoxy groups -OCH3 is 1. The highest BCUT2D eigenvalue weighted by atomic mass is 32.2. The van der Waals surface area contributed by atoms with Crippen molar-refractivity contribution in [2.24, 2.45) is 0 Å². The highest BCUT2D eigenvalue weighted by Gasteiger charge is 2.24. The molecule has 1 amide bonds. The van der Waals surface area contributed by atoms with Crippen LogP contribution in [-0.2, 0) is 11.3 Å². The van der Waals surface area contributed by atoms with Gasteiger partial charge in [0.2, 0.25) is 11.0 Å². The second-order valence-electron chi connectivity index (χ2n) is 5.87. The molecule has 3 rings (SSSR count). The van der Waals surface area contributed by atoms with E-state index in [9.17, 15) is 4.79 Å². The molecule has 134 valence electrons. The topological polar surface area (TPSA) is 67.3 Å². The molecule has 1 saturated heterocycles. The third kappa shape index (κ3) is 4.85. The van der Waals surface area contributed by atoms with Gasteiger partial charge in [-0.25, -0.2) is 0 Å². The lowest BCUT2D eigenvalue weighted by molar-refractivity contribution is -0.129. The molecule has 1 aliphatic heterocycles. The number of ether oxygens (including phenoxy) is 1. The Labute approximate surface area is 156 Å². The molecular formula is C17H22N4O2S2. The Kier molecular flexibility index (Phi) is 6.14. The van der Waals surface area contributed by atoms with Crippen LogP contribution in [0.5, 0.6) is 5.75 Å². The summed E-state index contributed by atoms with van der Waals surface area (Å²) >= 11 is 2.97. The summed E-state index contributed by atoms with van der Waals surface area (Å²) in [5, 5.41) is 12.3. The number of benzene rings is 1. The normalized spacial score (nSPS) is 15.2. The first-order chi connectivity index (χ1) is 12.2. The zero-order valence-corrected chi connectivity index (χ0v) is 16.0. The van der Waals surface area contributed by atoms with Gasteiger partial charge in [-0.3, -0.25) is 4.79 Å². The monoisotopic (exact) mass is 378 g/mol. The average Bonchev–Trinajstić information content (AvgIpc) is 3.32. The predicted molar refractivity (Wildman–Crippen MR) is 101 cm³/mol. The van der Waals surface area contributed by atoms with Gasteiger partial charge in [-0.1, -0.05) is 35.2 Å². The zero-order valence-electron chi connectivity index (χ0n) is 14.4. The van der Waals surface area contributed by atoms with Gasteiger partial charge in [0.25, 0.3) is 0 Å². The van der Waals surface area contributed by atoms with Gasteiger partial charge in [-0.15, -0.1) is 10.2 Å². The van der Waals surface area contributed by atoms with Crippen molar-refractivity contribution in [2.45, 2.75) is 35.9 Å². The van der Waals surface area contributed by atoms with Crippen LogP contribution in [0.2, 0.25) is 0 Å². The van der Waals surface area contributed by atoms with Gasteiger partial charge in [0.05, 0.1) is 12.4 Å².